The second-order valence-corrected chi connectivity index (χ2v) is 7.60. The van der Waals surface area contributed by atoms with E-state index in [0.29, 0.717) is 6.10 Å². The van der Waals surface area contributed by atoms with Crippen molar-refractivity contribution in [3.05, 3.63) is 35.0 Å². The highest BCUT2D eigenvalue weighted by Crippen LogP contribution is 2.33. The number of nitrogens with one attached hydrogen (secondary N) is 1. The summed E-state index contributed by atoms with van der Waals surface area (Å²) in [4.78, 5) is 5.95. The second-order valence-electron chi connectivity index (χ2n) is 7.22. The maximum atomic E-state index is 6.69. The Hall–Kier alpha value is -1.36. The zero-order chi connectivity index (χ0) is 17.1. The highest BCUT2D eigenvalue weighted by atomic mass is 35.5. The molecule has 0 bridgehead atoms. The van der Waals surface area contributed by atoms with Crippen molar-refractivity contribution in [2.24, 2.45) is 0 Å². The van der Waals surface area contributed by atoms with E-state index in [4.69, 9.17) is 16.3 Å². The van der Waals surface area contributed by atoms with Gasteiger partial charge >= 0.3 is 0 Å². The maximum Gasteiger partial charge on any atom is 0.284 e. The van der Waals surface area contributed by atoms with Crippen LogP contribution in [0.4, 0.5) is 5.69 Å². The molecule has 0 radical (unpaired) electrons. The van der Waals surface area contributed by atoms with Crippen molar-refractivity contribution < 1.29 is 15.0 Å². The molecule has 1 atom stereocenters. The Morgan fingerprint density at radius 2 is 2.00 bits per heavy atom. The maximum absolute atomic E-state index is 6.69. The van der Waals surface area contributed by atoms with Crippen molar-refractivity contribution in [2.75, 3.05) is 31.1 Å². The normalized spacial score (nSPS) is 21.2. The number of aromatic amines is 1. The van der Waals surface area contributed by atoms with Crippen LogP contribution >= 0.6 is 11.6 Å². The van der Waals surface area contributed by atoms with Crippen LogP contribution < -0.4 is 15.2 Å². The number of hydrogen-bond acceptors (Lipinski definition) is 2. The summed E-state index contributed by atoms with van der Waals surface area (Å²) in [6, 6.07) is 8.53. The number of H-pyrrole nitrogens is 1. The van der Waals surface area contributed by atoms with Gasteiger partial charge in [-0.05, 0) is 49.8 Å². The molecule has 2 aliphatic heterocycles. The molecule has 0 amide bonds. The minimum atomic E-state index is 0.404. The zero-order valence-corrected chi connectivity index (χ0v) is 15.5. The number of ether oxygens (including phenoxy) is 1. The van der Waals surface area contributed by atoms with Gasteiger partial charge in [-0.15, -0.1) is 0 Å². The standard InChI is InChI=1S/C20H26ClN3O/c21-20-17(14-22-13-15-7-6-12-25-15)19(24-10-4-1-5-11-24)16-8-2-3-9-18(16)23-20/h2-3,8-9,15,22H,1,4-7,10-14H2/p+2/t15-/m1/s1. The molecular formula is C20H28ClN3O+2. The number of pyridine rings is 1. The molecule has 2 aliphatic rings. The summed E-state index contributed by atoms with van der Waals surface area (Å²) in [7, 11) is 0. The van der Waals surface area contributed by atoms with E-state index in [1.54, 1.807) is 0 Å². The monoisotopic (exact) mass is 361 g/mol. The van der Waals surface area contributed by atoms with Crippen LogP contribution in [0.3, 0.4) is 0 Å². The van der Waals surface area contributed by atoms with Gasteiger partial charge in [0, 0.05) is 25.8 Å². The Bertz CT molecular complexity index is 724. The summed E-state index contributed by atoms with van der Waals surface area (Å²) in [5.74, 6) is 0. The molecule has 2 fully saturated rings. The molecule has 5 heteroatoms. The van der Waals surface area contributed by atoms with Gasteiger partial charge in [0.05, 0.1) is 11.1 Å². The highest BCUT2D eigenvalue weighted by molar-refractivity contribution is 6.30. The molecule has 2 aromatic rings. The van der Waals surface area contributed by atoms with Gasteiger partial charge in [0.1, 0.15) is 24.8 Å². The molecule has 0 unspecified atom stereocenters. The lowest BCUT2D eigenvalue weighted by molar-refractivity contribution is -0.676. The topological polar surface area (TPSA) is 43.2 Å². The van der Waals surface area contributed by atoms with Crippen molar-refractivity contribution in [1.29, 1.82) is 0 Å². The summed E-state index contributed by atoms with van der Waals surface area (Å²) in [5.41, 5.74) is 3.69. The van der Waals surface area contributed by atoms with Crippen LogP contribution in [0.25, 0.3) is 10.9 Å². The van der Waals surface area contributed by atoms with Gasteiger partial charge in [-0.3, -0.25) is 0 Å². The molecule has 25 heavy (non-hydrogen) atoms. The van der Waals surface area contributed by atoms with Crippen molar-refractivity contribution in [3.8, 4) is 0 Å². The number of nitrogens with zero attached hydrogens (tertiary/aromatic N) is 1. The first-order chi connectivity index (χ1) is 12.3. The summed E-state index contributed by atoms with van der Waals surface area (Å²) in [5, 5.41) is 4.42. The van der Waals surface area contributed by atoms with Gasteiger partial charge < -0.3 is 15.0 Å². The fourth-order valence-electron chi connectivity index (χ4n) is 4.17. The van der Waals surface area contributed by atoms with E-state index >= 15 is 0 Å². The molecule has 134 valence electrons. The number of piperidine rings is 1. The number of para-hydroxylation sites is 1. The number of hydrogen-bond donors (Lipinski definition) is 1. The molecule has 0 spiro atoms. The van der Waals surface area contributed by atoms with E-state index in [1.165, 1.54) is 48.7 Å². The molecular weight excluding hydrogens is 334 g/mol. The van der Waals surface area contributed by atoms with Gasteiger partial charge in [0.2, 0.25) is 5.52 Å². The van der Waals surface area contributed by atoms with Crippen LogP contribution in [-0.4, -0.2) is 32.3 Å². The summed E-state index contributed by atoms with van der Waals surface area (Å²) >= 11 is 6.69. The van der Waals surface area contributed by atoms with Crippen molar-refractivity contribution in [1.82, 2.24) is 0 Å². The Labute approximate surface area is 154 Å². The number of rotatable bonds is 5. The van der Waals surface area contributed by atoms with Crippen molar-refractivity contribution in [2.45, 2.75) is 44.8 Å². The molecule has 1 aromatic heterocycles. The number of nitrogens with two attached hydrogens (primary N) is 1. The zero-order valence-electron chi connectivity index (χ0n) is 14.8. The number of aromatic nitrogens is 1. The lowest BCUT2D eigenvalue weighted by Crippen LogP contribution is -2.84. The minimum Gasteiger partial charge on any atom is -0.372 e. The van der Waals surface area contributed by atoms with Crippen LogP contribution in [0, 0.1) is 0 Å². The molecule has 4 nitrogen and oxygen atoms in total. The van der Waals surface area contributed by atoms with E-state index < -0.39 is 0 Å². The van der Waals surface area contributed by atoms with E-state index in [1.807, 2.05) is 0 Å². The Morgan fingerprint density at radius 1 is 1.16 bits per heavy atom. The molecule has 0 aliphatic carbocycles. The van der Waals surface area contributed by atoms with Gasteiger partial charge in [-0.1, -0.05) is 12.1 Å². The number of anilines is 1. The summed E-state index contributed by atoms with van der Waals surface area (Å²) in [6.07, 6.45) is 6.66. The smallest absolute Gasteiger partial charge is 0.284 e. The van der Waals surface area contributed by atoms with Crippen LogP contribution in [0.5, 0.6) is 0 Å². The molecule has 3 N–H and O–H groups in total. The van der Waals surface area contributed by atoms with Gasteiger partial charge in [-0.2, -0.15) is 4.98 Å². The average Bonchev–Trinajstić information content (AvgIpc) is 3.16. The Balaban J connectivity index is 1.64. The quantitative estimate of drug-likeness (QED) is 0.832. The molecule has 4 rings (SSSR count). The first kappa shape index (κ1) is 17.1. The van der Waals surface area contributed by atoms with Crippen molar-refractivity contribution in [3.63, 3.8) is 0 Å². The van der Waals surface area contributed by atoms with E-state index in [9.17, 15) is 0 Å². The minimum absolute atomic E-state index is 0.404. The Morgan fingerprint density at radius 3 is 2.80 bits per heavy atom. The predicted octanol–water partition coefficient (Wildman–Crippen LogP) is 2.54. The third-order valence-electron chi connectivity index (χ3n) is 5.45. The third-order valence-corrected chi connectivity index (χ3v) is 5.77. The molecule has 1 aromatic carbocycles. The first-order valence-corrected chi connectivity index (χ1v) is 10.0. The number of benzene rings is 1. The highest BCUT2D eigenvalue weighted by Gasteiger charge is 2.26. The lowest BCUT2D eigenvalue weighted by atomic mass is 10.0. The van der Waals surface area contributed by atoms with E-state index in [-0.39, 0.29) is 0 Å². The SMILES string of the molecule is Clc1[nH+]c2ccccc2c(N2CCCCC2)c1C[NH2+]C[C@H]1CCCO1. The molecule has 0 saturated carbocycles. The molecule has 2 saturated heterocycles. The van der Waals surface area contributed by atoms with Crippen LogP contribution in [0.1, 0.15) is 37.7 Å². The summed E-state index contributed by atoms with van der Waals surface area (Å²) < 4.78 is 5.76. The van der Waals surface area contributed by atoms with E-state index in [0.717, 1.165) is 43.5 Å². The van der Waals surface area contributed by atoms with Gasteiger partial charge in [0.25, 0.3) is 5.15 Å². The fourth-order valence-corrected chi connectivity index (χ4v) is 4.44. The largest absolute Gasteiger partial charge is 0.372 e. The van der Waals surface area contributed by atoms with Crippen LogP contribution in [0.15, 0.2) is 24.3 Å². The number of fused-ring (bicyclic) bond motifs is 1. The third kappa shape index (κ3) is 3.76. The summed E-state index contributed by atoms with van der Waals surface area (Å²) in [6.45, 7) is 5.09. The fraction of sp³-hybridized carbons (Fsp3) is 0.550. The van der Waals surface area contributed by atoms with Crippen LogP contribution in [-0.2, 0) is 11.3 Å². The molecule has 3 heterocycles. The van der Waals surface area contributed by atoms with Crippen molar-refractivity contribution >= 4 is 28.2 Å². The second kappa shape index (κ2) is 7.90. The average molecular weight is 362 g/mol. The Kier molecular flexibility index (Phi) is 5.39. The van der Waals surface area contributed by atoms with Gasteiger partial charge in [-0.25, -0.2) is 0 Å². The predicted molar refractivity (Wildman–Crippen MR) is 101 cm³/mol. The van der Waals surface area contributed by atoms with Gasteiger partial charge in [0.15, 0.2) is 0 Å². The van der Waals surface area contributed by atoms with E-state index in [2.05, 4.69) is 39.5 Å². The number of quaternary nitrogens is 1. The number of halogens is 1. The first-order valence-electron chi connectivity index (χ1n) is 9.63. The lowest BCUT2D eigenvalue weighted by Gasteiger charge is -2.30. The van der Waals surface area contributed by atoms with Crippen LogP contribution in [0.2, 0.25) is 5.15 Å².